The van der Waals surface area contributed by atoms with Crippen LogP contribution in [0.5, 0.6) is 5.88 Å². The second-order valence-electron chi connectivity index (χ2n) is 7.76. The second kappa shape index (κ2) is 10.1. The lowest BCUT2D eigenvalue weighted by Crippen LogP contribution is -2.23. The lowest BCUT2D eigenvalue weighted by atomic mass is 10.1. The Morgan fingerprint density at radius 3 is 2.09 bits per heavy atom. The van der Waals surface area contributed by atoms with Crippen LogP contribution in [0.25, 0.3) is 0 Å². The van der Waals surface area contributed by atoms with Crippen molar-refractivity contribution in [3.05, 3.63) is 118 Å². The summed E-state index contributed by atoms with van der Waals surface area (Å²) in [6.07, 6.45) is 1.60. The number of ether oxygens (including phenoxy) is 1. The monoisotopic (exact) mass is 447 g/mol. The van der Waals surface area contributed by atoms with Crippen LogP contribution < -0.4 is 10.1 Å². The molecule has 0 aliphatic rings. The Kier molecular flexibility index (Phi) is 6.78. The van der Waals surface area contributed by atoms with Crippen molar-refractivity contribution < 1.29 is 18.3 Å². The van der Waals surface area contributed by atoms with Gasteiger partial charge in [-0.2, -0.15) is 0 Å². The highest BCUT2D eigenvalue weighted by molar-refractivity contribution is 5.96. The molecule has 1 amide bonds. The number of halogens is 2. The van der Waals surface area contributed by atoms with Gasteiger partial charge < -0.3 is 10.1 Å². The maximum absolute atomic E-state index is 13.2. The van der Waals surface area contributed by atoms with Gasteiger partial charge in [-0.05, 0) is 47.9 Å². The molecule has 1 N–H and O–H groups in total. The molecule has 4 rings (SSSR count). The summed E-state index contributed by atoms with van der Waals surface area (Å²) in [5.74, 6) is -0.810. The van der Waals surface area contributed by atoms with Crippen molar-refractivity contribution in [3.8, 4) is 5.88 Å². The van der Waals surface area contributed by atoms with E-state index in [1.807, 2.05) is 31.2 Å². The summed E-state index contributed by atoms with van der Waals surface area (Å²) in [6, 6.07) is 19.9. The fraction of sp³-hybridized carbons (Fsp3) is 0.154. The number of hydrogen-bond acceptors (Lipinski definition) is 3. The standard InChI is InChI=1S/C26H23F2N3O2/c1-18-2-4-19(5-3-18)14-29-25(32)24-16-31(15-20-6-10-22(27)11-7-20)30-26(24)33-17-21-8-12-23(28)13-9-21/h2-13,16H,14-15,17H2,1H3,(H,29,32). The molecule has 7 heteroatoms. The summed E-state index contributed by atoms with van der Waals surface area (Å²) >= 11 is 0. The Balaban J connectivity index is 1.51. The summed E-state index contributed by atoms with van der Waals surface area (Å²) in [5.41, 5.74) is 3.97. The number of nitrogens with one attached hydrogen (secondary N) is 1. The number of carbonyl (C=O) groups is 1. The Labute approximate surface area is 190 Å². The molecule has 0 fully saturated rings. The zero-order valence-corrected chi connectivity index (χ0v) is 18.1. The van der Waals surface area contributed by atoms with Crippen molar-refractivity contribution in [1.82, 2.24) is 15.1 Å². The highest BCUT2D eigenvalue weighted by atomic mass is 19.1. The average Bonchev–Trinajstić information content (AvgIpc) is 3.22. The minimum Gasteiger partial charge on any atom is -0.471 e. The molecule has 33 heavy (non-hydrogen) atoms. The van der Waals surface area contributed by atoms with Crippen LogP contribution in [0.4, 0.5) is 8.78 Å². The number of amides is 1. The number of hydrogen-bond donors (Lipinski definition) is 1. The Morgan fingerprint density at radius 1 is 0.879 bits per heavy atom. The van der Waals surface area contributed by atoms with Crippen molar-refractivity contribution >= 4 is 5.91 Å². The lowest BCUT2D eigenvalue weighted by molar-refractivity contribution is 0.0946. The maximum Gasteiger partial charge on any atom is 0.258 e. The van der Waals surface area contributed by atoms with Crippen molar-refractivity contribution in [3.63, 3.8) is 0 Å². The number of aromatic nitrogens is 2. The van der Waals surface area contributed by atoms with Crippen LogP contribution in [0.3, 0.4) is 0 Å². The first-order chi connectivity index (χ1) is 16.0. The van der Waals surface area contributed by atoms with Gasteiger partial charge >= 0.3 is 0 Å². The van der Waals surface area contributed by atoms with Crippen LogP contribution in [-0.2, 0) is 19.7 Å². The van der Waals surface area contributed by atoms with Crippen molar-refractivity contribution in [2.75, 3.05) is 0 Å². The van der Waals surface area contributed by atoms with Gasteiger partial charge in [-0.3, -0.25) is 9.48 Å². The van der Waals surface area contributed by atoms with Crippen LogP contribution in [0.1, 0.15) is 32.6 Å². The normalized spacial score (nSPS) is 10.8. The second-order valence-corrected chi connectivity index (χ2v) is 7.76. The van der Waals surface area contributed by atoms with Crippen molar-refractivity contribution in [2.24, 2.45) is 0 Å². The van der Waals surface area contributed by atoms with Crippen LogP contribution >= 0.6 is 0 Å². The molecule has 0 saturated heterocycles. The Hall–Kier alpha value is -4.00. The molecule has 0 radical (unpaired) electrons. The van der Waals surface area contributed by atoms with E-state index in [0.717, 1.165) is 22.3 Å². The molecule has 0 spiro atoms. The molecular weight excluding hydrogens is 424 g/mol. The SMILES string of the molecule is Cc1ccc(CNC(=O)c2cn(Cc3ccc(F)cc3)nc2OCc2ccc(F)cc2)cc1. The molecular formula is C26H23F2N3O2. The summed E-state index contributed by atoms with van der Waals surface area (Å²) < 4.78 is 33.8. The number of carbonyl (C=O) groups excluding carboxylic acids is 1. The van der Waals surface area contributed by atoms with Gasteiger partial charge in [0.05, 0.1) is 6.54 Å². The van der Waals surface area contributed by atoms with E-state index in [9.17, 15) is 13.6 Å². The Morgan fingerprint density at radius 2 is 1.45 bits per heavy atom. The summed E-state index contributed by atoms with van der Waals surface area (Å²) in [7, 11) is 0. The fourth-order valence-corrected chi connectivity index (χ4v) is 3.24. The first-order valence-electron chi connectivity index (χ1n) is 10.5. The third-order valence-electron chi connectivity index (χ3n) is 5.09. The van der Waals surface area contributed by atoms with Crippen LogP contribution in [0.2, 0.25) is 0 Å². The van der Waals surface area contributed by atoms with Gasteiger partial charge in [0.25, 0.3) is 5.91 Å². The molecule has 168 valence electrons. The largest absolute Gasteiger partial charge is 0.471 e. The quantitative estimate of drug-likeness (QED) is 0.412. The predicted octanol–water partition coefficient (Wildman–Crippen LogP) is 5.03. The summed E-state index contributed by atoms with van der Waals surface area (Å²) in [6.45, 7) is 2.84. The van der Waals surface area contributed by atoms with E-state index in [2.05, 4.69) is 10.4 Å². The lowest BCUT2D eigenvalue weighted by Gasteiger charge is -2.07. The molecule has 0 aliphatic carbocycles. The van der Waals surface area contributed by atoms with Gasteiger partial charge in [0.15, 0.2) is 0 Å². The fourth-order valence-electron chi connectivity index (χ4n) is 3.24. The maximum atomic E-state index is 13.2. The molecule has 5 nitrogen and oxygen atoms in total. The molecule has 3 aromatic carbocycles. The highest BCUT2D eigenvalue weighted by Crippen LogP contribution is 2.19. The van der Waals surface area contributed by atoms with Crippen LogP contribution in [0, 0.1) is 18.6 Å². The van der Waals surface area contributed by atoms with Gasteiger partial charge in [0.1, 0.15) is 23.8 Å². The number of rotatable bonds is 8. The smallest absolute Gasteiger partial charge is 0.258 e. The van der Waals surface area contributed by atoms with E-state index in [4.69, 9.17) is 4.74 Å². The van der Waals surface area contributed by atoms with E-state index in [1.165, 1.54) is 24.3 Å². The number of nitrogens with zero attached hydrogens (tertiary/aromatic N) is 2. The van der Waals surface area contributed by atoms with E-state index in [-0.39, 0.29) is 35.6 Å². The minimum atomic E-state index is -0.335. The molecule has 0 saturated carbocycles. The van der Waals surface area contributed by atoms with E-state index < -0.39 is 0 Å². The summed E-state index contributed by atoms with van der Waals surface area (Å²) in [5, 5.41) is 7.31. The van der Waals surface area contributed by atoms with E-state index in [0.29, 0.717) is 13.1 Å². The molecule has 1 aromatic heterocycles. The molecule has 0 aliphatic heterocycles. The molecule has 1 heterocycles. The van der Waals surface area contributed by atoms with Gasteiger partial charge in [-0.1, -0.05) is 54.1 Å². The van der Waals surface area contributed by atoms with Crippen molar-refractivity contribution in [2.45, 2.75) is 26.6 Å². The van der Waals surface area contributed by atoms with Gasteiger partial charge in [-0.25, -0.2) is 8.78 Å². The predicted molar refractivity (Wildman–Crippen MR) is 121 cm³/mol. The molecule has 0 atom stereocenters. The topological polar surface area (TPSA) is 56.2 Å². The zero-order valence-electron chi connectivity index (χ0n) is 18.1. The van der Waals surface area contributed by atoms with Crippen molar-refractivity contribution in [1.29, 1.82) is 0 Å². The minimum absolute atomic E-state index is 0.131. The highest BCUT2D eigenvalue weighted by Gasteiger charge is 2.18. The first kappa shape index (κ1) is 22.2. The van der Waals surface area contributed by atoms with E-state index >= 15 is 0 Å². The number of aryl methyl sites for hydroxylation is 1. The van der Waals surface area contributed by atoms with Crippen LogP contribution in [-0.4, -0.2) is 15.7 Å². The first-order valence-corrected chi connectivity index (χ1v) is 10.5. The number of benzene rings is 3. The Bertz CT molecular complexity index is 1220. The third kappa shape index (κ3) is 6.04. The van der Waals surface area contributed by atoms with Gasteiger partial charge in [-0.15, -0.1) is 5.10 Å². The van der Waals surface area contributed by atoms with Crippen LogP contribution in [0.15, 0.2) is 79.0 Å². The average molecular weight is 447 g/mol. The molecule has 4 aromatic rings. The molecule has 0 bridgehead atoms. The van der Waals surface area contributed by atoms with Gasteiger partial charge in [0.2, 0.25) is 5.88 Å². The van der Waals surface area contributed by atoms with E-state index in [1.54, 1.807) is 35.1 Å². The molecule has 0 unspecified atom stereocenters. The summed E-state index contributed by atoms with van der Waals surface area (Å²) in [4.78, 5) is 12.9. The van der Waals surface area contributed by atoms with Gasteiger partial charge in [0, 0.05) is 12.7 Å². The third-order valence-corrected chi connectivity index (χ3v) is 5.09. The zero-order chi connectivity index (χ0) is 23.2.